The highest BCUT2D eigenvalue weighted by molar-refractivity contribution is 6.31. The number of carbonyl (C=O) groups is 1. The van der Waals surface area contributed by atoms with E-state index in [2.05, 4.69) is 23.2 Å². The summed E-state index contributed by atoms with van der Waals surface area (Å²) in [7, 11) is 0. The molecule has 2 aliphatic heterocycles. The Bertz CT molecular complexity index is 633. The van der Waals surface area contributed by atoms with Gasteiger partial charge in [0.15, 0.2) is 0 Å². The molecular weight excluding hydrogens is 345 g/mol. The number of nitrogens with one attached hydrogen (secondary N) is 1. The molecule has 6 heteroatoms. The summed E-state index contributed by atoms with van der Waals surface area (Å²) in [4.78, 5) is 17.2. The van der Waals surface area contributed by atoms with Crippen LogP contribution in [0.3, 0.4) is 0 Å². The molecular formula is C18H25Cl2N3O. The molecule has 1 aromatic rings. The summed E-state index contributed by atoms with van der Waals surface area (Å²) < 4.78 is 0. The Morgan fingerprint density at radius 3 is 2.88 bits per heavy atom. The monoisotopic (exact) mass is 369 g/mol. The Morgan fingerprint density at radius 2 is 2.21 bits per heavy atom. The molecule has 1 amide bonds. The van der Waals surface area contributed by atoms with E-state index in [1.54, 1.807) is 0 Å². The van der Waals surface area contributed by atoms with Crippen molar-refractivity contribution in [2.75, 3.05) is 37.6 Å². The van der Waals surface area contributed by atoms with E-state index in [0.717, 1.165) is 31.9 Å². The van der Waals surface area contributed by atoms with Crippen LogP contribution in [-0.4, -0.2) is 49.6 Å². The molecule has 132 valence electrons. The number of benzene rings is 1. The number of rotatable bonds is 2. The largest absolute Gasteiger partial charge is 0.312 e. The van der Waals surface area contributed by atoms with E-state index in [4.69, 9.17) is 11.6 Å². The van der Waals surface area contributed by atoms with Crippen LogP contribution in [0.2, 0.25) is 5.02 Å². The summed E-state index contributed by atoms with van der Waals surface area (Å²) in [6.07, 6.45) is 3.64. The van der Waals surface area contributed by atoms with Gasteiger partial charge in [-0.2, -0.15) is 0 Å². The molecule has 1 N–H and O–H groups in total. The Morgan fingerprint density at radius 1 is 1.42 bits per heavy atom. The lowest BCUT2D eigenvalue weighted by Crippen LogP contribution is -2.52. The Kier molecular flexibility index (Phi) is 5.12. The number of piperazine rings is 1. The summed E-state index contributed by atoms with van der Waals surface area (Å²) in [5.41, 5.74) is 2.58. The van der Waals surface area contributed by atoms with Crippen LogP contribution in [0.15, 0.2) is 18.2 Å². The average molecular weight is 370 g/mol. The van der Waals surface area contributed by atoms with Crippen LogP contribution in [0.5, 0.6) is 0 Å². The third-order valence-corrected chi connectivity index (χ3v) is 5.94. The van der Waals surface area contributed by atoms with E-state index in [1.165, 1.54) is 24.8 Å². The molecule has 4 nitrogen and oxygen atoms in total. The lowest BCUT2D eigenvalue weighted by Gasteiger charge is -2.39. The maximum Gasteiger partial charge on any atom is 0.241 e. The van der Waals surface area contributed by atoms with Crippen molar-refractivity contribution in [3.05, 3.63) is 28.8 Å². The van der Waals surface area contributed by atoms with Crippen LogP contribution in [0, 0.1) is 0 Å². The van der Waals surface area contributed by atoms with Crippen LogP contribution in [0.1, 0.15) is 31.7 Å². The van der Waals surface area contributed by atoms with E-state index in [0.29, 0.717) is 17.6 Å². The van der Waals surface area contributed by atoms with Gasteiger partial charge in [-0.3, -0.25) is 9.69 Å². The SMILES string of the molecule is C[C@@H]1CN(CC(=O)N2CC3(CCC3)c3ccc(Cl)cc32)CCN1.Cl. The summed E-state index contributed by atoms with van der Waals surface area (Å²) in [5, 5.41) is 4.14. The van der Waals surface area contributed by atoms with Crippen LogP contribution >= 0.6 is 24.0 Å². The minimum absolute atomic E-state index is 0. The molecule has 1 spiro atoms. The first-order valence-corrected chi connectivity index (χ1v) is 9.01. The fourth-order valence-corrected chi connectivity index (χ4v) is 4.50. The van der Waals surface area contributed by atoms with E-state index in [1.807, 2.05) is 17.0 Å². The first-order valence-electron chi connectivity index (χ1n) is 8.64. The van der Waals surface area contributed by atoms with Crippen molar-refractivity contribution in [3.63, 3.8) is 0 Å². The molecule has 2 heterocycles. The molecule has 3 aliphatic rings. The molecule has 24 heavy (non-hydrogen) atoms. The standard InChI is InChI=1S/C18H24ClN3O.ClH/c1-13-10-21(8-7-20-13)11-17(23)22-12-18(5-2-6-18)15-4-3-14(19)9-16(15)22;/h3-4,9,13,20H,2,5-8,10-12H2,1H3;1H/t13-;/m1./s1. The van der Waals surface area contributed by atoms with Gasteiger partial charge in [-0.05, 0) is 37.5 Å². The second-order valence-electron chi connectivity index (χ2n) is 7.37. The van der Waals surface area contributed by atoms with Crippen LogP contribution in [0.4, 0.5) is 5.69 Å². The predicted octanol–water partition coefficient (Wildman–Crippen LogP) is 2.82. The summed E-state index contributed by atoms with van der Waals surface area (Å²) in [5.74, 6) is 0.214. The van der Waals surface area contributed by atoms with E-state index < -0.39 is 0 Å². The third kappa shape index (κ3) is 3.05. The van der Waals surface area contributed by atoms with Gasteiger partial charge < -0.3 is 10.2 Å². The zero-order valence-electron chi connectivity index (χ0n) is 14.1. The molecule has 1 atom stereocenters. The minimum atomic E-state index is 0. The van der Waals surface area contributed by atoms with E-state index >= 15 is 0 Å². The molecule has 1 saturated carbocycles. The van der Waals surface area contributed by atoms with Crippen LogP contribution < -0.4 is 10.2 Å². The fourth-order valence-electron chi connectivity index (χ4n) is 4.34. The molecule has 0 radical (unpaired) electrons. The molecule has 2 fully saturated rings. The fraction of sp³-hybridized carbons (Fsp3) is 0.611. The van der Waals surface area contributed by atoms with Crippen LogP contribution in [-0.2, 0) is 10.2 Å². The van der Waals surface area contributed by atoms with Crippen molar-refractivity contribution in [2.24, 2.45) is 0 Å². The summed E-state index contributed by atoms with van der Waals surface area (Å²) in [6, 6.07) is 6.53. The number of amides is 1. The Hall–Kier alpha value is -0.810. The average Bonchev–Trinajstić information content (AvgIpc) is 2.82. The van der Waals surface area contributed by atoms with Gasteiger partial charge in [0.2, 0.25) is 5.91 Å². The first kappa shape index (κ1) is 18.0. The molecule has 0 bridgehead atoms. The highest BCUT2D eigenvalue weighted by Gasteiger charge is 2.48. The Labute approximate surface area is 154 Å². The van der Waals surface area contributed by atoms with Crippen LogP contribution in [0.25, 0.3) is 0 Å². The van der Waals surface area contributed by atoms with E-state index in [-0.39, 0.29) is 23.7 Å². The topological polar surface area (TPSA) is 35.6 Å². The third-order valence-electron chi connectivity index (χ3n) is 5.71. The highest BCUT2D eigenvalue weighted by atomic mass is 35.5. The number of halogens is 2. The van der Waals surface area contributed by atoms with E-state index in [9.17, 15) is 4.79 Å². The zero-order valence-corrected chi connectivity index (χ0v) is 15.6. The lowest BCUT2D eigenvalue weighted by atomic mass is 9.66. The highest BCUT2D eigenvalue weighted by Crippen LogP contribution is 2.53. The number of fused-ring (bicyclic) bond motifs is 2. The van der Waals surface area contributed by atoms with Gasteiger partial charge >= 0.3 is 0 Å². The van der Waals surface area contributed by atoms with Crippen molar-refractivity contribution in [1.29, 1.82) is 0 Å². The van der Waals surface area contributed by atoms with Gasteiger partial charge in [0.05, 0.1) is 6.54 Å². The maximum absolute atomic E-state index is 12.9. The molecule has 1 saturated heterocycles. The van der Waals surface area contributed by atoms with Gasteiger partial charge in [0.1, 0.15) is 0 Å². The normalized spacial score (nSPS) is 25.1. The number of anilines is 1. The number of hydrogen-bond donors (Lipinski definition) is 1. The van der Waals surface area contributed by atoms with Gasteiger partial charge in [-0.1, -0.05) is 24.1 Å². The second-order valence-corrected chi connectivity index (χ2v) is 7.80. The maximum atomic E-state index is 12.9. The molecule has 1 aromatic carbocycles. The number of nitrogens with zero attached hydrogens (tertiary/aromatic N) is 2. The van der Waals surface area contributed by atoms with Gasteiger partial charge in [0, 0.05) is 48.3 Å². The molecule has 0 unspecified atom stereocenters. The first-order chi connectivity index (χ1) is 11.1. The van der Waals surface area contributed by atoms with Crippen molar-refractivity contribution in [3.8, 4) is 0 Å². The van der Waals surface area contributed by atoms with Crippen molar-refractivity contribution in [1.82, 2.24) is 10.2 Å². The van der Waals surface area contributed by atoms with Gasteiger partial charge in [0.25, 0.3) is 0 Å². The summed E-state index contributed by atoms with van der Waals surface area (Å²) >= 11 is 6.20. The molecule has 0 aromatic heterocycles. The summed E-state index contributed by atoms with van der Waals surface area (Å²) in [6.45, 7) is 6.35. The molecule has 1 aliphatic carbocycles. The zero-order chi connectivity index (χ0) is 16.0. The number of hydrogen-bond acceptors (Lipinski definition) is 3. The number of carbonyl (C=O) groups excluding carboxylic acids is 1. The second kappa shape index (κ2) is 6.83. The predicted molar refractivity (Wildman–Crippen MR) is 100 cm³/mol. The lowest BCUT2D eigenvalue weighted by molar-refractivity contribution is -0.120. The van der Waals surface area contributed by atoms with Crippen molar-refractivity contribution in [2.45, 2.75) is 37.6 Å². The van der Waals surface area contributed by atoms with Gasteiger partial charge in [-0.15, -0.1) is 12.4 Å². The smallest absolute Gasteiger partial charge is 0.241 e. The van der Waals surface area contributed by atoms with Crippen molar-refractivity contribution >= 4 is 35.6 Å². The quantitative estimate of drug-likeness (QED) is 0.870. The Balaban J connectivity index is 0.00000169. The minimum Gasteiger partial charge on any atom is -0.312 e. The molecule has 4 rings (SSSR count). The van der Waals surface area contributed by atoms with Crippen molar-refractivity contribution < 1.29 is 4.79 Å². The van der Waals surface area contributed by atoms with Gasteiger partial charge in [-0.25, -0.2) is 0 Å².